The number of nitrogens with one attached hydrogen (secondary N) is 1. The Morgan fingerprint density at radius 1 is 1.29 bits per heavy atom. The third-order valence-corrected chi connectivity index (χ3v) is 3.73. The third-order valence-electron chi connectivity index (χ3n) is 3.73. The van der Waals surface area contributed by atoms with Crippen LogP contribution in [0, 0.1) is 11.7 Å². The molecule has 1 fully saturated rings. The summed E-state index contributed by atoms with van der Waals surface area (Å²) in [5.74, 6) is 0.309. The van der Waals surface area contributed by atoms with Crippen molar-refractivity contribution in [3.8, 4) is 0 Å². The number of hydrogen-bond donors (Lipinski definition) is 2. The van der Waals surface area contributed by atoms with E-state index in [0.717, 1.165) is 31.2 Å². The van der Waals surface area contributed by atoms with Gasteiger partial charge < -0.3 is 10.4 Å². The Bertz CT molecular complexity index is 361. The van der Waals surface area contributed by atoms with Crippen LogP contribution in [0.25, 0.3) is 0 Å². The quantitative estimate of drug-likeness (QED) is 0.847. The fourth-order valence-electron chi connectivity index (χ4n) is 2.81. The van der Waals surface area contributed by atoms with E-state index in [1.54, 1.807) is 12.1 Å². The highest BCUT2D eigenvalue weighted by Gasteiger charge is 2.26. The second-order valence-corrected chi connectivity index (χ2v) is 4.89. The van der Waals surface area contributed by atoms with Crippen molar-refractivity contribution in [2.45, 2.75) is 37.8 Å². The summed E-state index contributed by atoms with van der Waals surface area (Å²) in [5, 5.41) is 12.8. The van der Waals surface area contributed by atoms with Gasteiger partial charge in [-0.1, -0.05) is 12.1 Å². The van der Waals surface area contributed by atoms with Crippen LogP contribution in [0.4, 0.5) is 4.39 Å². The van der Waals surface area contributed by atoms with Gasteiger partial charge in [-0.2, -0.15) is 0 Å². The number of aliphatic hydroxyl groups is 1. The molecule has 1 aromatic carbocycles. The van der Waals surface area contributed by atoms with Gasteiger partial charge in [-0.05, 0) is 56.3 Å². The first-order valence-electron chi connectivity index (χ1n) is 6.31. The second kappa shape index (κ2) is 5.61. The van der Waals surface area contributed by atoms with Crippen LogP contribution in [0.2, 0.25) is 0 Å². The molecule has 94 valence electrons. The Morgan fingerprint density at radius 2 is 2.00 bits per heavy atom. The van der Waals surface area contributed by atoms with Gasteiger partial charge in [-0.25, -0.2) is 4.39 Å². The maximum atomic E-state index is 13.2. The van der Waals surface area contributed by atoms with E-state index in [2.05, 4.69) is 5.32 Å². The van der Waals surface area contributed by atoms with Gasteiger partial charge in [0, 0.05) is 6.04 Å². The predicted octanol–water partition coefficient (Wildman–Crippen LogP) is 2.64. The molecule has 0 amide bonds. The van der Waals surface area contributed by atoms with Crippen LogP contribution >= 0.6 is 0 Å². The Balaban J connectivity index is 2.10. The van der Waals surface area contributed by atoms with Crippen molar-refractivity contribution >= 4 is 0 Å². The smallest absolute Gasteiger partial charge is 0.123 e. The SMILES string of the molecule is CNC(c1cccc(F)c1)C1CCC(O)CC1. The van der Waals surface area contributed by atoms with Crippen molar-refractivity contribution in [3.63, 3.8) is 0 Å². The molecule has 17 heavy (non-hydrogen) atoms. The third kappa shape index (κ3) is 3.05. The van der Waals surface area contributed by atoms with E-state index < -0.39 is 0 Å². The van der Waals surface area contributed by atoms with Crippen molar-refractivity contribution in [2.24, 2.45) is 5.92 Å². The Kier molecular flexibility index (Phi) is 4.13. The molecule has 1 aromatic rings. The van der Waals surface area contributed by atoms with E-state index in [1.807, 2.05) is 13.1 Å². The van der Waals surface area contributed by atoms with E-state index in [4.69, 9.17) is 0 Å². The lowest BCUT2D eigenvalue weighted by Crippen LogP contribution is -2.30. The van der Waals surface area contributed by atoms with Crippen LogP contribution in [0.15, 0.2) is 24.3 Å². The summed E-state index contributed by atoms with van der Waals surface area (Å²) in [6.07, 6.45) is 3.58. The average Bonchev–Trinajstić information content (AvgIpc) is 2.33. The van der Waals surface area contributed by atoms with Gasteiger partial charge in [0.2, 0.25) is 0 Å². The van der Waals surface area contributed by atoms with Gasteiger partial charge in [-0.15, -0.1) is 0 Å². The summed E-state index contributed by atoms with van der Waals surface area (Å²) in [7, 11) is 1.92. The summed E-state index contributed by atoms with van der Waals surface area (Å²) in [5.41, 5.74) is 1.01. The Labute approximate surface area is 102 Å². The van der Waals surface area contributed by atoms with Crippen molar-refractivity contribution in [2.75, 3.05) is 7.05 Å². The second-order valence-electron chi connectivity index (χ2n) is 4.89. The number of halogens is 1. The number of hydrogen-bond acceptors (Lipinski definition) is 2. The van der Waals surface area contributed by atoms with Crippen molar-refractivity contribution in [1.29, 1.82) is 0 Å². The molecule has 1 aliphatic carbocycles. The molecule has 2 nitrogen and oxygen atoms in total. The fraction of sp³-hybridized carbons (Fsp3) is 0.571. The lowest BCUT2D eigenvalue weighted by atomic mass is 9.80. The van der Waals surface area contributed by atoms with Gasteiger partial charge in [0.1, 0.15) is 5.82 Å². The molecule has 1 atom stereocenters. The van der Waals surface area contributed by atoms with Gasteiger partial charge in [0.25, 0.3) is 0 Å². The molecule has 0 saturated heterocycles. The van der Waals surface area contributed by atoms with Gasteiger partial charge in [0.05, 0.1) is 6.10 Å². The molecule has 2 rings (SSSR count). The summed E-state index contributed by atoms with van der Waals surface area (Å²) < 4.78 is 13.2. The normalized spacial score (nSPS) is 26.8. The van der Waals surface area contributed by atoms with Crippen LogP contribution in [-0.2, 0) is 0 Å². The van der Waals surface area contributed by atoms with E-state index in [0.29, 0.717) is 5.92 Å². The fourth-order valence-corrected chi connectivity index (χ4v) is 2.81. The number of benzene rings is 1. The maximum absolute atomic E-state index is 13.2. The van der Waals surface area contributed by atoms with E-state index in [9.17, 15) is 9.50 Å². The monoisotopic (exact) mass is 237 g/mol. The zero-order valence-electron chi connectivity index (χ0n) is 10.2. The molecule has 1 unspecified atom stereocenters. The molecule has 2 N–H and O–H groups in total. The summed E-state index contributed by atoms with van der Waals surface area (Å²) in [6, 6.07) is 6.99. The first-order chi connectivity index (χ1) is 8.20. The molecule has 0 aliphatic heterocycles. The maximum Gasteiger partial charge on any atom is 0.123 e. The van der Waals surface area contributed by atoms with Gasteiger partial charge in [-0.3, -0.25) is 0 Å². The molecule has 0 aromatic heterocycles. The lowest BCUT2D eigenvalue weighted by Gasteiger charge is -2.32. The molecular formula is C14H20FNO. The zero-order valence-corrected chi connectivity index (χ0v) is 10.2. The van der Waals surface area contributed by atoms with Crippen LogP contribution in [0.1, 0.15) is 37.3 Å². The summed E-state index contributed by atoms with van der Waals surface area (Å²) >= 11 is 0. The first-order valence-corrected chi connectivity index (χ1v) is 6.31. The van der Waals surface area contributed by atoms with E-state index in [1.165, 1.54) is 6.07 Å². The molecule has 0 spiro atoms. The topological polar surface area (TPSA) is 32.3 Å². The van der Waals surface area contributed by atoms with Crippen LogP contribution in [0.5, 0.6) is 0 Å². The number of rotatable bonds is 3. The lowest BCUT2D eigenvalue weighted by molar-refractivity contribution is 0.0981. The van der Waals surface area contributed by atoms with Crippen LogP contribution in [-0.4, -0.2) is 18.3 Å². The minimum atomic E-state index is -0.182. The summed E-state index contributed by atoms with van der Waals surface area (Å²) in [4.78, 5) is 0. The van der Waals surface area contributed by atoms with Crippen LogP contribution in [0.3, 0.4) is 0 Å². The molecule has 3 heteroatoms. The average molecular weight is 237 g/mol. The molecular weight excluding hydrogens is 217 g/mol. The Hall–Kier alpha value is -0.930. The van der Waals surface area contributed by atoms with E-state index in [-0.39, 0.29) is 18.0 Å². The zero-order chi connectivity index (χ0) is 12.3. The molecule has 0 radical (unpaired) electrons. The van der Waals surface area contributed by atoms with Gasteiger partial charge in [0.15, 0.2) is 0 Å². The highest BCUT2D eigenvalue weighted by Crippen LogP contribution is 2.34. The summed E-state index contributed by atoms with van der Waals surface area (Å²) in [6.45, 7) is 0. The van der Waals surface area contributed by atoms with Gasteiger partial charge >= 0.3 is 0 Å². The minimum Gasteiger partial charge on any atom is -0.393 e. The van der Waals surface area contributed by atoms with Crippen molar-refractivity contribution < 1.29 is 9.50 Å². The standard InChI is InChI=1S/C14H20FNO/c1-16-14(10-5-7-13(17)8-6-10)11-3-2-4-12(15)9-11/h2-4,9-10,13-14,16-17H,5-8H2,1H3. The minimum absolute atomic E-state index is 0.142. The van der Waals surface area contributed by atoms with Crippen molar-refractivity contribution in [1.82, 2.24) is 5.32 Å². The highest BCUT2D eigenvalue weighted by atomic mass is 19.1. The van der Waals surface area contributed by atoms with Crippen LogP contribution < -0.4 is 5.32 Å². The number of aliphatic hydroxyl groups excluding tert-OH is 1. The highest BCUT2D eigenvalue weighted by molar-refractivity contribution is 5.21. The Morgan fingerprint density at radius 3 is 2.59 bits per heavy atom. The first kappa shape index (κ1) is 12.5. The van der Waals surface area contributed by atoms with Crippen molar-refractivity contribution in [3.05, 3.63) is 35.6 Å². The molecule has 1 saturated carbocycles. The molecule has 1 aliphatic rings. The molecule has 0 heterocycles. The van der Waals surface area contributed by atoms with E-state index >= 15 is 0 Å². The molecule has 0 bridgehead atoms. The predicted molar refractivity (Wildman–Crippen MR) is 66.2 cm³/mol. The largest absolute Gasteiger partial charge is 0.393 e.